The van der Waals surface area contributed by atoms with Crippen molar-refractivity contribution in [1.82, 2.24) is 14.9 Å². The molecular formula is C74H98Cl4F14N10O7. The van der Waals surface area contributed by atoms with Crippen LogP contribution in [0.2, 0.25) is 0 Å². The normalized spacial score (nSPS) is 16.3. The van der Waals surface area contributed by atoms with E-state index in [9.17, 15) is 91.3 Å². The summed E-state index contributed by atoms with van der Waals surface area (Å²) in [5, 5.41) is 30.6. The Morgan fingerprint density at radius 1 is 0.550 bits per heavy atom. The van der Waals surface area contributed by atoms with E-state index in [2.05, 4.69) is 64.6 Å². The summed E-state index contributed by atoms with van der Waals surface area (Å²) in [6, 6.07) is 17.7. The molecule has 3 saturated heterocycles. The van der Waals surface area contributed by atoms with E-state index in [0.717, 1.165) is 120 Å². The number of nitrogens with one attached hydrogen (secondary N) is 1. The van der Waals surface area contributed by atoms with Crippen LogP contribution in [0.1, 0.15) is 183 Å². The minimum atomic E-state index is -4.71. The maximum absolute atomic E-state index is 13.1. The number of anilines is 5. The summed E-state index contributed by atoms with van der Waals surface area (Å²) in [6.45, 7) is 20.8. The lowest BCUT2D eigenvalue weighted by Crippen LogP contribution is -2.38. The Labute approximate surface area is 650 Å². The second-order valence-corrected chi connectivity index (χ2v) is 25.8. The molecule has 1 amide bonds. The predicted octanol–water partition coefficient (Wildman–Crippen LogP) is 22.6. The first kappa shape index (κ1) is 99.4. The van der Waals surface area contributed by atoms with Crippen molar-refractivity contribution in [2.24, 2.45) is 5.92 Å². The molecule has 3 atom stereocenters. The lowest BCUT2D eigenvalue weighted by atomic mass is 9.91. The fourth-order valence-corrected chi connectivity index (χ4v) is 11.6. The monoisotopic (exact) mass is 1650 g/mol. The van der Waals surface area contributed by atoms with Gasteiger partial charge in [-0.2, -0.15) is 57.1 Å². The van der Waals surface area contributed by atoms with Gasteiger partial charge in [0.1, 0.15) is 5.69 Å². The molecule has 4 N–H and O–H groups in total. The molecule has 4 fully saturated rings. The number of nitrogens with zero attached hydrogens (tertiary/aromatic N) is 8. The average Bonchev–Trinajstić information content (AvgIpc) is 0.804. The number of hydrogen-bond acceptors (Lipinski definition) is 14. The quantitative estimate of drug-likeness (QED) is 0.0275. The number of pyridine rings is 2. The third-order valence-corrected chi connectivity index (χ3v) is 17.5. The van der Waals surface area contributed by atoms with Gasteiger partial charge in [0.15, 0.2) is 0 Å². The number of amides is 1. The van der Waals surface area contributed by atoms with E-state index >= 15 is 0 Å². The Morgan fingerprint density at radius 3 is 1.21 bits per heavy atom. The van der Waals surface area contributed by atoms with E-state index in [-0.39, 0.29) is 53.0 Å². The number of nitrogens with two attached hydrogens (primary N) is 1. The first-order chi connectivity index (χ1) is 51.2. The Kier molecular flexibility index (Phi) is 47.3. The van der Waals surface area contributed by atoms with Gasteiger partial charge in [-0.15, -0.1) is 35.6 Å². The molecule has 0 spiro atoms. The maximum Gasteiger partial charge on any atom is 0.416 e. The number of nitro benzene ring substituents is 2. The molecule has 0 radical (unpaired) electrons. The molecule has 1 saturated carbocycles. The van der Waals surface area contributed by atoms with Crippen LogP contribution in [0.15, 0.2) is 122 Å². The first-order valence-corrected chi connectivity index (χ1v) is 36.0. The van der Waals surface area contributed by atoms with Crippen LogP contribution in [0.4, 0.5) is 101 Å². The summed E-state index contributed by atoms with van der Waals surface area (Å²) in [4.78, 5) is 58.0. The molecule has 4 aromatic carbocycles. The Morgan fingerprint density at radius 2 is 0.881 bits per heavy atom. The number of benzene rings is 4. The lowest BCUT2D eigenvalue weighted by Gasteiger charge is -2.36. The summed E-state index contributed by atoms with van der Waals surface area (Å²) in [5.74, 6) is -0.714. The van der Waals surface area contributed by atoms with Gasteiger partial charge >= 0.3 is 30.4 Å². The van der Waals surface area contributed by atoms with E-state index in [1.165, 1.54) is 107 Å². The fraction of sp³-hybridized carbons (Fsp3) is 0.514. The molecule has 2 aromatic heterocycles. The van der Waals surface area contributed by atoms with E-state index < -0.39 is 92.3 Å². The second-order valence-electron chi connectivity index (χ2n) is 24.7. The minimum Gasteiger partial charge on any atom is -0.400 e. The average molecular weight is 1650 g/mol. The molecule has 0 bridgehead atoms. The van der Waals surface area contributed by atoms with Crippen LogP contribution in [-0.4, -0.2) is 118 Å². The van der Waals surface area contributed by atoms with Crippen LogP contribution in [0.5, 0.6) is 0 Å². The molecule has 17 nitrogen and oxygen atoms in total. The largest absolute Gasteiger partial charge is 0.416 e. The van der Waals surface area contributed by atoms with Crippen molar-refractivity contribution >= 4 is 98.2 Å². The molecule has 35 heteroatoms. The van der Waals surface area contributed by atoms with E-state index in [0.29, 0.717) is 47.6 Å². The van der Waals surface area contributed by atoms with Gasteiger partial charge in [-0.05, 0) is 201 Å². The molecule has 612 valence electrons. The van der Waals surface area contributed by atoms with E-state index in [1.54, 1.807) is 12.1 Å². The van der Waals surface area contributed by atoms with Crippen LogP contribution in [0.3, 0.4) is 0 Å². The van der Waals surface area contributed by atoms with Gasteiger partial charge in [0.25, 0.3) is 16.8 Å². The van der Waals surface area contributed by atoms with Crippen molar-refractivity contribution < 1.29 is 87.4 Å². The van der Waals surface area contributed by atoms with Gasteiger partial charge in [0.2, 0.25) is 5.82 Å². The Hall–Kier alpha value is -7.58. The lowest BCUT2D eigenvalue weighted by molar-refractivity contribution is -0.387. The van der Waals surface area contributed by atoms with Crippen molar-refractivity contribution in [3.8, 4) is 0 Å². The molecule has 3 aliphatic heterocycles. The highest BCUT2D eigenvalue weighted by molar-refractivity contribution is 6.67. The van der Waals surface area contributed by atoms with Crippen LogP contribution in [-0.2, 0) is 24.7 Å². The minimum absolute atomic E-state index is 0. The zero-order valence-electron chi connectivity index (χ0n) is 62.8. The first-order valence-electron chi connectivity index (χ1n) is 35.3. The van der Waals surface area contributed by atoms with Crippen LogP contribution < -0.4 is 25.8 Å². The topological polar surface area (TPSA) is 217 Å². The number of piperidine rings is 3. The zero-order valence-corrected chi connectivity index (χ0v) is 64.9. The van der Waals surface area contributed by atoms with Gasteiger partial charge < -0.3 is 35.8 Å². The Balaban J connectivity index is 0.00000129. The van der Waals surface area contributed by atoms with Crippen molar-refractivity contribution in [2.75, 3.05) is 84.6 Å². The number of nitrogen functional groups attached to an aromatic ring is 1. The number of nitro groups is 2. The highest BCUT2D eigenvalue weighted by Gasteiger charge is 2.37. The third-order valence-electron chi connectivity index (χ3n) is 17.3. The van der Waals surface area contributed by atoms with Gasteiger partial charge in [-0.3, -0.25) is 44.2 Å². The SMILES string of the molecule is CC1CCCCC1.CCN(CC)CC.CO.C[C@H]1CCCCN1c1ccc(C(F)(F)F)cc1N.C[C@H]1CCCCN1c1ccc(C(F)(F)F)cc1NC(=O)c1ccncc1.C[C@H]1CCCCN1c1ccc(C(F)(F)F)cc1[N+](=O)[O-].Cl.ClCCl.O=C(Cl)c1ccncc1.O=[N+]([O-])c1cc(C(F)(F)F)ccc1F.[2H]CF. The molecule has 6 aromatic rings. The summed E-state index contributed by atoms with van der Waals surface area (Å²) in [6.07, 6.45) is 4.47. The molecule has 1 aliphatic carbocycles. The molecule has 10 rings (SSSR count). The van der Waals surface area contributed by atoms with Gasteiger partial charge in [0.05, 0.1) is 68.7 Å². The van der Waals surface area contributed by atoms with Crippen LogP contribution >= 0.6 is 47.2 Å². The van der Waals surface area contributed by atoms with E-state index in [1.807, 2.05) is 18.7 Å². The molecule has 0 unspecified atom stereocenters. The van der Waals surface area contributed by atoms with Crippen molar-refractivity contribution in [3.63, 3.8) is 0 Å². The van der Waals surface area contributed by atoms with Crippen LogP contribution in [0, 0.1) is 32.0 Å². The number of aromatic nitrogens is 2. The van der Waals surface area contributed by atoms with Gasteiger partial charge in [-0.1, -0.05) is 59.8 Å². The third kappa shape index (κ3) is 36.4. The standard InChI is InChI=1S/C19H20F3N3O.C13H15F3N2O2.C13H17F3N2.C7H3F4NO2.C7H14.C6H4ClNO.C6H15N.CH2Cl2.CH3F.CH4O.ClH/c1-13-4-2-3-11-25(13)17-6-5-15(19(20,21)22)12-16(17)24-18(26)14-7-9-23-10-8-14;1-9-4-2-3-7-17(9)11-6-5-10(13(14,15)16)8-12(11)18(19)20;1-9-4-2-3-7-18(9)12-6-5-10(8-11(12)17)13(14,15)16;8-5-2-1-4(7(9,10)11)3-6(5)12(13)14;1-7-5-3-2-4-6-7;7-6(9)5-1-3-8-4-2-5;1-4-7(5-2)6-3;2-1-3;2*1-2;/h5-10,12-13H,2-4,11H2,1H3,(H,24,26);5-6,8-9H,2-4,7H2,1H3;5-6,8-9H,2-4,7,17H2,1H3;1-3H;7H,2-6H2,1H3;1-4H;4-6H2,1-3H3;1H2;1H3;2H,1H3;1H/t13-;2*9-;;;;;;;;/m000......../s1/i;;;;;;;;1D;;. The molecule has 5 heterocycles. The number of alkyl halides is 15. The molecular weight excluding hydrogens is 1550 g/mol. The smallest absolute Gasteiger partial charge is 0.400 e. The summed E-state index contributed by atoms with van der Waals surface area (Å²) < 4.78 is 179. The second kappa shape index (κ2) is 51.8. The zero-order chi connectivity index (χ0) is 82.8. The van der Waals surface area contributed by atoms with Crippen molar-refractivity contribution in [1.29, 1.82) is 0 Å². The summed E-state index contributed by atoms with van der Waals surface area (Å²) in [7, 11) is 0. The maximum atomic E-state index is 13.1. The number of hydrogen-bond donors (Lipinski definition) is 3. The number of halogens is 18. The van der Waals surface area contributed by atoms with Gasteiger partial charge in [0, 0.05) is 92.9 Å². The molecule has 109 heavy (non-hydrogen) atoms. The number of aliphatic hydroxyl groups is 1. The number of carbonyl (C=O) groups excluding carboxylic acids is 2. The Bertz CT molecular complexity index is 3610. The number of aliphatic hydroxyl groups excluding tert-OH is 1. The van der Waals surface area contributed by atoms with Gasteiger partial charge in [-0.25, -0.2) is 0 Å². The number of rotatable bonds is 11. The number of carbonyl (C=O) groups is 2. The molecule has 4 aliphatic rings. The highest BCUT2D eigenvalue weighted by Crippen LogP contribution is 2.41. The summed E-state index contributed by atoms with van der Waals surface area (Å²) in [5.41, 5.74) is 3.22. The van der Waals surface area contributed by atoms with Crippen molar-refractivity contribution in [3.05, 3.63) is 181 Å². The predicted molar refractivity (Wildman–Crippen MR) is 407 cm³/mol. The highest BCUT2D eigenvalue weighted by atomic mass is 35.5. The van der Waals surface area contributed by atoms with Crippen LogP contribution in [0.25, 0.3) is 0 Å². The van der Waals surface area contributed by atoms with E-state index in [4.69, 9.17) is 47.0 Å². The van der Waals surface area contributed by atoms with Crippen molar-refractivity contribution in [2.45, 2.75) is 181 Å². The fourth-order valence-electron chi connectivity index (χ4n) is 11.5. The summed E-state index contributed by atoms with van der Waals surface area (Å²) >= 11 is 14.7.